The number of alkyl halides is 3. The number of pyridine rings is 1. The summed E-state index contributed by atoms with van der Waals surface area (Å²) in [5, 5.41) is 0.0976. The van der Waals surface area contributed by atoms with Gasteiger partial charge in [-0.1, -0.05) is 11.6 Å². The first-order valence-corrected chi connectivity index (χ1v) is 5.98. The van der Waals surface area contributed by atoms with E-state index in [1.165, 1.54) is 10.5 Å². The van der Waals surface area contributed by atoms with Crippen LogP contribution in [0, 0.1) is 0 Å². The van der Waals surface area contributed by atoms with Gasteiger partial charge in [-0.05, 0) is 12.1 Å². The smallest absolute Gasteiger partial charge is 0.333 e. The minimum atomic E-state index is -4.43. The molecule has 0 amide bonds. The SMILES string of the molecule is Cn1ccnc1-c1nc2ccc(C(F)(F)F)cn2c1Cl. The predicted molar refractivity (Wildman–Crippen MR) is 67.4 cm³/mol. The molecule has 0 saturated carbocycles. The summed E-state index contributed by atoms with van der Waals surface area (Å²) < 4.78 is 41.0. The monoisotopic (exact) mass is 300 g/mol. The average Bonchev–Trinajstić information content (AvgIpc) is 2.92. The fraction of sp³-hybridized carbons (Fsp3) is 0.167. The van der Waals surface area contributed by atoms with Crippen molar-refractivity contribution in [1.82, 2.24) is 18.9 Å². The molecule has 0 radical (unpaired) electrons. The van der Waals surface area contributed by atoms with Gasteiger partial charge in [0.25, 0.3) is 0 Å². The van der Waals surface area contributed by atoms with Crippen LogP contribution in [0.1, 0.15) is 5.56 Å². The zero-order valence-electron chi connectivity index (χ0n) is 10.2. The molecule has 0 aliphatic rings. The molecule has 0 saturated heterocycles. The molecular formula is C12H8ClF3N4. The van der Waals surface area contributed by atoms with Gasteiger partial charge in [-0.2, -0.15) is 13.2 Å². The highest BCUT2D eigenvalue weighted by molar-refractivity contribution is 6.32. The molecule has 0 atom stereocenters. The Labute approximate surface area is 116 Å². The normalized spacial score (nSPS) is 12.2. The third-order valence-corrected chi connectivity index (χ3v) is 3.28. The summed E-state index contributed by atoms with van der Waals surface area (Å²) in [5.74, 6) is 0.493. The van der Waals surface area contributed by atoms with Gasteiger partial charge in [0.05, 0.1) is 5.56 Å². The molecule has 0 bridgehead atoms. The summed E-state index contributed by atoms with van der Waals surface area (Å²) in [7, 11) is 1.75. The summed E-state index contributed by atoms with van der Waals surface area (Å²) in [6.45, 7) is 0. The van der Waals surface area contributed by atoms with Crippen molar-refractivity contribution < 1.29 is 13.2 Å². The Morgan fingerprint density at radius 3 is 2.60 bits per heavy atom. The molecule has 3 rings (SSSR count). The molecule has 104 valence electrons. The number of fused-ring (bicyclic) bond motifs is 1. The molecule has 0 spiro atoms. The number of nitrogens with zero attached hydrogens (tertiary/aromatic N) is 4. The highest BCUT2D eigenvalue weighted by Crippen LogP contribution is 2.32. The number of hydrogen-bond donors (Lipinski definition) is 0. The van der Waals surface area contributed by atoms with Crippen molar-refractivity contribution in [3.8, 4) is 11.5 Å². The van der Waals surface area contributed by atoms with Crippen LogP contribution in [0.2, 0.25) is 5.15 Å². The van der Waals surface area contributed by atoms with E-state index in [0.717, 1.165) is 12.3 Å². The van der Waals surface area contributed by atoms with Crippen LogP contribution in [0.3, 0.4) is 0 Å². The Balaban J connectivity index is 2.23. The zero-order chi connectivity index (χ0) is 14.5. The molecule has 0 unspecified atom stereocenters. The van der Waals surface area contributed by atoms with Crippen LogP contribution in [-0.4, -0.2) is 18.9 Å². The highest BCUT2D eigenvalue weighted by atomic mass is 35.5. The fourth-order valence-electron chi connectivity index (χ4n) is 1.92. The first-order valence-electron chi connectivity index (χ1n) is 5.60. The minimum Gasteiger partial charge on any atom is -0.333 e. The van der Waals surface area contributed by atoms with Crippen LogP contribution in [0.5, 0.6) is 0 Å². The molecule has 0 fully saturated rings. The Bertz CT molecular complexity index is 788. The van der Waals surface area contributed by atoms with E-state index in [1.54, 1.807) is 24.0 Å². The van der Waals surface area contributed by atoms with Crippen LogP contribution in [0.4, 0.5) is 13.2 Å². The zero-order valence-corrected chi connectivity index (χ0v) is 10.9. The van der Waals surface area contributed by atoms with Crippen LogP contribution in [-0.2, 0) is 13.2 Å². The van der Waals surface area contributed by atoms with E-state index in [0.29, 0.717) is 17.2 Å². The van der Waals surface area contributed by atoms with Gasteiger partial charge >= 0.3 is 6.18 Å². The molecule has 3 aromatic rings. The van der Waals surface area contributed by atoms with Gasteiger partial charge in [0.2, 0.25) is 0 Å². The van der Waals surface area contributed by atoms with Crippen LogP contribution >= 0.6 is 11.6 Å². The van der Waals surface area contributed by atoms with Crippen molar-refractivity contribution in [3.63, 3.8) is 0 Å². The van der Waals surface area contributed by atoms with Crippen LogP contribution in [0.25, 0.3) is 17.2 Å². The molecule has 0 N–H and O–H groups in total. The molecule has 4 nitrogen and oxygen atoms in total. The first-order chi connectivity index (χ1) is 9.38. The third-order valence-electron chi connectivity index (χ3n) is 2.92. The molecule has 0 aliphatic heterocycles. The summed E-state index contributed by atoms with van der Waals surface area (Å²) in [6.07, 6.45) is -0.226. The summed E-state index contributed by atoms with van der Waals surface area (Å²) in [6, 6.07) is 2.25. The van der Waals surface area contributed by atoms with Gasteiger partial charge in [-0.25, -0.2) is 9.97 Å². The quantitative estimate of drug-likeness (QED) is 0.690. The molecular weight excluding hydrogens is 293 g/mol. The average molecular weight is 301 g/mol. The lowest BCUT2D eigenvalue weighted by atomic mass is 10.3. The second-order valence-corrected chi connectivity index (χ2v) is 4.61. The van der Waals surface area contributed by atoms with Crippen molar-refractivity contribution in [3.05, 3.63) is 41.4 Å². The maximum absolute atomic E-state index is 12.7. The lowest BCUT2D eigenvalue weighted by Crippen LogP contribution is -2.06. The lowest BCUT2D eigenvalue weighted by molar-refractivity contribution is -0.137. The van der Waals surface area contributed by atoms with Gasteiger partial charge in [-0.15, -0.1) is 0 Å². The van der Waals surface area contributed by atoms with Crippen LogP contribution < -0.4 is 0 Å². The van der Waals surface area contributed by atoms with Gasteiger partial charge < -0.3 is 4.57 Å². The predicted octanol–water partition coefficient (Wildman–Crippen LogP) is 3.41. The summed E-state index contributed by atoms with van der Waals surface area (Å²) in [5.41, 5.74) is -0.102. The summed E-state index contributed by atoms with van der Waals surface area (Å²) in [4.78, 5) is 8.31. The number of hydrogen-bond acceptors (Lipinski definition) is 2. The van der Waals surface area contributed by atoms with Gasteiger partial charge in [0, 0.05) is 25.6 Å². The topological polar surface area (TPSA) is 35.1 Å². The molecule has 8 heteroatoms. The highest BCUT2D eigenvalue weighted by Gasteiger charge is 2.31. The number of imidazole rings is 2. The molecule has 0 aliphatic carbocycles. The molecule has 20 heavy (non-hydrogen) atoms. The Morgan fingerprint density at radius 1 is 1.25 bits per heavy atom. The van der Waals surface area contributed by atoms with E-state index in [-0.39, 0.29) is 5.15 Å². The molecule has 3 heterocycles. The van der Waals surface area contributed by atoms with E-state index in [1.807, 2.05) is 0 Å². The Hall–Kier alpha value is -2.02. The van der Waals surface area contributed by atoms with Gasteiger partial charge in [0.15, 0.2) is 5.82 Å². The van der Waals surface area contributed by atoms with Gasteiger partial charge in [0.1, 0.15) is 16.5 Å². The van der Waals surface area contributed by atoms with E-state index in [9.17, 15) is 13.2 Å². The fourth-order valence-corrected chi connectivity index (χ4v) is 2.18. The standard InChI is InChI=1S/C12H8ClF3N4/c1-19-5-4-17-11(19)9-10(13)20-6-7(12(14,15)16)2-3-8(20)18-9/h2-6H,1H3. The Morgan fingerprint density at radius 2 is 2.00 bits per heavy atom. The second kappa shape index (κ2) is 4.24. The van der Waals surface area contributed by atoms with Crippen molar-refractivity contribution in [2.24, 2.45) is 7.05 Å². The lowest BCUT2D eigenvalue weighted by Gasteiger charge is -2.06. The van der Waals surface area contributed by atoms with E-state index in [4.69, 9.17) is 11.6 Å². The largest absolute Gasteiger partial charge is 0.417 e. The van der Waals surface area contributed by atoms with E-state index in [2.05, 4.69) is 9.97 Å². The minimum absolute atomic E-state index is 0.0976. The van der Waals surface area contributed by atoms with Crippen LogP contribution in [0.15, 0.2) is 30.7 Å². The number of aromatic nitrogens is 4. The number of aryl methyl sites for hydroxylation is 1. The van der Waals surface area contributed by atoms with Crippen molar-refractivity contribution in [2.75, 3.05) is 0 Å². The van der Waals surface area contributed by atoms with E-state index < -0.39 is 11.7 Å². The molecule has 0 aromatic carbocycles. The Kier molecular flexibility index (Phi) is 2.75. The maximum Gasteiger partial charge on any atom is 0.417 e. The van der Waals surface area contributed by atoms with Crippen molar-refractivity contribution in [1.29, 1.82) is 0 Å². The molecule has 3 aromatic heterocycles. The first kappa shape index (κ1) is 13.0. The summed E-state index contributed by atoms with van der Waals surface area (Å²) >= 11 is 6.12. The van der Waals surface area contributed by atoms with Gasteiger partial charge in [-0.3, -0.25) is 4.40 Å². The number of halogens is 4. The number of rotatable bonds is 1. The van der Waals surface area contributed by atoms with E-state index >= 15 is 0 Å². The van der Waals surface area contributed by atoms with Crippen molar-refractivity contribution >= 4 is 17.2 Å². The maximum atomic E-state index is 12.7. The van der Waals surface area contributed by atoms with Crippen molar-refractivity contribution in [2.45, 2.75) is 6.18 Å². The second-order valence-electron chi connectivity index (χ2n) is 4.26. The third kappa shape index (κ3) is 1.94.